The predicted octanol–water partition coefficient (Wildman–Crippen LogP) is 4.47. The van der Waals surface area contributed by atoms with Crippen LogP contribution >= 0.6 is 22.9 Å². The highest BCUT2D eigenvalue weighted by atomic mass is 35.5. The number of hydrogen-bond acceptors (Lipinski definition) is 5. The second-order valence-electron chi connectivity index (χ2n) is 6.52. The monoisotopic (exact) mass is 427 g/mol. The van der Waals surface area contributed by atoms with Crippen LogP contribution < -0.4 is 10.5 Å². The van der Waals surface area contributed by atoms with Crippen LogP contribution in [0.5, 0.6) is 5.75 Å². The average molecular weight is 428 g/mol. The molecule has 2 heterocycles. The largest absolute Gasteiger partial charge is 0.484 e. The number of nitrogens with zero attached hydrogens (tertiary/aromatic N) is 2. The number of amides is 1. The van der Waals surface area contributed by atoms with Gasteiger partial charge in [0, 0.05) is 16.7 Å². The fourth-order valence-corrected chi connectivity index (χ4v) is 4.34. The molecule has 4 rings (SSSR count). The van der Waals surface area contributed by atoms with Gasteiger partial charge in [-0.05, 0) is 30.7 Å². The van der Waals surface area contributed by atoms with Crippen molar-refractivity contribution in [1.82, 2.24) is 9.55 Å². The van der Waals surface area contributed by atoms with Gasteiger partial charge in [0.15, 0.2) is 0 Å². The molecule has 2 aromatic heterocycles. The number of thiophene rings is 1. The SMILES string of the molecule is C[C@@H](Oc1cc(-n2cnc3ccc(CO)cc32)sc1C(N)=O)c1ccccc1Cl. The van der Waals surface area contributed by atoms with E-state index in [-0.39, 0.29) is 12.7 Å². The summed E-state index contributed by atoms with van der Waals surface area (Å²) in [5.74, 6) is -0.173. The Bertz CT molecular complexity index is 1200. The van der Waals surface area contributed by atoms with Crippen molar-refractivity contribution in [3.63, 3.8) is 0 Å². The molecule has 6 nitrogen and oxygen atoms in total. The first-order chi connectivity index (χ1) is 14.0. The zero-order valence-electron chi connectivity index (χ0n) is 15.5. The number of rotatable bonds is 6. The number of halogens is 1. The number of aliphatic hydroxyl groups is 1. The zero-order chi connectivity index (χ0) is 20.5. The lowest BCUT2D eigenvalue weighted by atomic mass is 10.1. The topological polar surface area (TPSA) is 90.4 Å². The van der Waals surface area contributed by atoms with Gasteiger partial charge >= 0.3 is 0 Å². The van der Waals surface area contributed by atoms with Gasteiger partial charge < -0.3 is 15.6 Å². The molecular formula is C21H18ClN3O3S. The summed E-state index contributed by atoms with van der Waals surface area (Å²) in [7, 11) is 0. The van der Waals surface area contributed by atoms with Crippen LogP contribution in [-0.2, 0) is 6.61 Å². The Morgan fingerprint density at radius 1 is 1.31 bits per heavy atom. The highest BCUT2D eigenvalue weighted by Gasteiger charge is 2.21. The lowest BCUT2D eigenvalue weighted by Gasteiger charge is -2.16. The third kappa shape index (κ3) is 3.72. The molecule has 1 amide bonds. The van der Waals surface area contributed by atoms with E-state index >= 15 is 0 Å². The van der Waals surface area contributed by atoms with Gasteiger partial charge in [-0.1, -0.05) is 35.9 Å². The van der Waals surface area contributed by atoms with E-state index in [9.17, 15) is 9.90 Å². The molecule has 1 atom stereocenters. The number of fused-ring (bicyclic) bond motifs is 1. The van der Waals surface area contributed by atoms with Crippen LogP contribution in [0.3, 0.4) is 0 Å². The zero-order valence-corrected chi connectivity index (χ0v) is 17.1. The van der Waals surface area contributed by atoms with E-state index < -0.39 is 5.91 Å². The molecule has 0 spiro atoms. The first-order valence-corrected chi connectivity index (χ1v) is 10.1. The lowest BCUT2D eigenvalue weighted by molar-refractivity contribution is 0.0998. The molecule has 0 aliphatic carbocycles. The minimum absolute atomic E-state index is 0.0677. The molecule has 2 aromatic carbocycles. The van der Waals surface area contributed by atoms with Gasteiger partial charge in [0.2, 0.25) is 0 Å². The van der Waals surface area contributed by atoms with Gasteiger partial charge in [-0.2, -0.15) is 0 Å². The van der Waals surface area contributed by atoms with Gasteiger partial charge in [-0.15, -0.1) is 11.3 Å². The normalized spacial score (nSPS) is 12.2. The van der Waals surface area contributed by atoms with Crippen LogP contribution in [0.1, 0.15) is 33.8 Å². The maximum Gasteiger partial charge on any atom is 0.262 e. The Morgan fingerprint density at radius 2 is 2.10 bits per heavy atom. The fourth-order valence-electron chi connectivity index (χ4n) is 3.13. The Kier molecular flexibility index (Phi) is 5.27. The predicted molar refractivity (Wildman–Crippen MR) is 114 cm³/mol. The summed E-state index contributed by atoms with van der Waals surface area (Å²) < 4.78 is 7.91. The van der Waals surface area contributed by atoms with Crippen LogP contribution in [0.2, 0.25) is 5.02 Å². The number of benzene rings is 2. The minimum Gasteiger partial charge on any atom is -0.484 e. The van der Waals surface area contributed by atoms with Crippen molar-refractivity contribution in [2.75, 3.05) is 0 Å². The molecule has 0 saturated heterocycles. The summed E-state index contributed by atoms with van der Waals surface area (Å²) in [4.78, 5) is 16.7. The lowest BCUT2D eigenvalue weighted by Crippen LogP contribution is -2.12. The molecule has 8 heteroatoms. The van der Waals surface area contributed by atoms with Crippen molar-refractivity contribution >= 4 is 39.9 Å². The second kappa shape index (κ2) is 7.87. The Hall–Kier alpha value is -2.87. The minimum atomic E-state index is -0.567. The summed E-state index contributed by atoms with van der Waals surface area (Å²) in [6.45, 7) is 1.80. The molecule has 0 fully saturated rings. The third-order valence-corrected chi connectivity index (χ3v) is 6.06. The van der Waals surface area contributed by atoms with E-state index in [2.05, 4.69) is 4.98 Å². The number of aliphatic hydroxyl groups excluding tert-OH is 1. The Labute approximate surface area is 176 Å². The number of hydrogen-bond donors (Lipinski definition) is 2. The molecule has 148 valence electrons. The number of carbonyl (C=O) groups is 1. The van der Waals surface area contributed by atoms with Gasteiger partial charge in [0.25, 0.3) is 5.91 Å². The molecule has 0 radical (unpaired) electrons. The quantitative estimate of drug-likeness (QED) is 0.475. The maximum atomic E-state index is 12.0. The molecule has 0 unspecified atom stereocenters. The summed E-state index contributed by atoms with van der Waals surface area (Å²) in [5, 5.41) is 10.8. The first-order valence-electron chi connectivity index (χ1n) is 8.90. The fraction of sp³-hybridized carbons (Fsp3) is 0.143. The van der Waals surface area contributed by atoms with Crippen LogP contribution in [0.4, 0.5) is 0 Å². The van der Waals surface area contributed by atoms with Crippen LogP contribution in [0.25, 0.3) is 16.0 Å². The van der Waals surface area contributed by atoms with Crippen molar-refractivity contribution in [1.29, 1.82) is 0 Å². The van der Waals surface area contributed by atoms with Crippen LogP contribution in [-0.4, -0.2) is 20.6 Å². The van der Waals surface area contributed by atoms with Crippen molar-refractivity contribution < 1.29 is 14.6 Å². The Balaban J connectivity index is 1.74. The molecule has 4 aromatic rings. The molecule has 0 saturated carbocycles. The second-order valence-corrected chi connectivity index (χ2v) is 7.96. The van der Waals surface area contributed by atoms with Crippen molar-refractivity contribution in [2.24, 2.45) is 5.73 Å². The summed E-state index contributed by atoms with van der Waals surface area (Å²) in [5.41, 5.74) is 8.78. The van der Waals surface area contributed by atoms with Gasteiger partial charge in [0.1, 0.15) is 28.1 Å². The van der Waals surface area contributed by atoms with Gasteiger partial charge in [0.05, 0.1) is 17.6 Å². The highest BCUT2D eigenvalue weighted by Crippen LogP contribution is 2.37. The summed E-state index contributed by atoms with van der Waals surface area (Å²) in [6.07, 6.45) is 1.30. The number of nitrogens with two attached hydrogens (primary N) is 1. The third-order valence-electron chi connectivity index (χ3n) is 4.59. The Morgan fingerprint density at radius 3 is 2.83 bits per heavy atom. The molecule has 3 N–H and O–H groups in total. The van der Waals surface area contributed by atoms with Crippen molar-refractivity contribution in [3.8, 4) is 10.8 Å². The van der Waals surface area contributed by atoms with Crippen LogP contribution in [0, 0.1) is 0 Å². The van der Waals surface area contributed by atoms with Crippen molar-refractivity contribution in [2.45, 2.75) is 19.6 Å². The molecule has 0 bridgehead atoms. The van der Waals surface area contributed by atoms with E-state index in [1.54, 1.807) is 18.5 Å². The molecule has 0 aliphatic heterocycles. The van der Waals surface area contributed by atoms with E-state index in [0.717, 1.165) is 27.2 Å². The number of carbonyl (C=O) groups excluding carboxylic acids is 1. The van der Waals surface area contributed by atoms with Crippen LogP contribution in [0.15, 0.2) is 54.9 Å². The number of aromatic nitrogens is 2. The smallest absolute Gasteiger partial charge is 0.262 e. The highest BCUT2D eigenvalue weighted by molar-refractivity contribution is 7.16. The average Bonchev–Trinajstić information content (AvgIpc) is 3.31. The molecular weight excluding hydrogens is 410 g/mol. The standard InChI is InChI=1S/C21H18ClN3O3S/c1-12(14-4-2-3-5-15(14)22)28-18-9-19(29-20(18)21(23)27)25-11-24-16-7-6-13(10-26)8-17(16)25/h2-9,11-12,26H,10H2,1H3,(H2,23,27)/t12-/m1/s1. The van der Waals surface area contributed by atoms with Crippen molar-refractivity contribution in [3.05, 3.63) is 75.9 Å². The summed E-state index contributed by atoms with van der Waals surface area (Å²) in [6, 6.07) is 14.7. The maximum absolute atomic E-state index is 12.0. The molecule has 0 aliphatic rings. The number of primary amides is 1. The van der Waals surface area contributed by atoms with E-state index in [4.69, 9.17) is 22.1 Å². The van der Waals surface area contributed by atoms with Gasteiger partial charge in [-0.25, -0.2) is 4.98 Å². The molecule has 29 heavy (non-hydrogen) atoms. The summed E-state index contributed by atoms with van der Waals surface area (Å²) >= 11 is 7.49. The van der Waals surface area contributed by atoms with E-state index in [1.807, 2.05) is 47.9 Å². The van der Waals surface area contributed by atoms with E-state index in [1.165, 1.54) is 11.3 Å². The van der Waals surface area contributed by atoms with E-state index in [0.29, 0.717) is 15.6 Å². The number of imidazole rings is 1. The number of ether oxygens (including phenoxy) is 1. The first kappa shape index (κ1) is 19.4. The van der Waals surface area contributed by atoms with Gasteiger partial charge in [-0.3, -0.25) is 9.36 Å².